The highest BCUT2D eigenvalue weighted by Gasteiger charge is 2.12. The summed E-state index contributed by atoms with van der Waals surface area (Å²) < 4.78 is 12.5. The van der Waals surface area contributed by atoms with Crippen molar-refractivity contribution in [2.24, 2.45) is 0 Å². The fourth-order valence-electron chi connectivity index (χ4n) is 1.03. The summed E-state index contributed by atoms with van der Waals surface area (Å²) in [6, 6.07) is 0. The highest BCUT2D eigenvalue weighted by molar-refractivity contribution is 5.36. The van der Waals surface area contributed by atoms with E-state index >= 15 is 0 Å². The lowest BCUT2D eigenvalue weighted by atomic mass is 10.2. The standard InChI is InChI=1S/C8H10FN.C2H6/c1-3-7-4-5-10-8(7)6(2)9;1-2/h3,10H,1-2,4-5H2;1-2H3. The molecule has 0 bridgehead atoms. The molecule has 0 radical (unpaired) electrons. The van der Waals surface area contributed by atoms with E-state index in [9.17, 15) is 4.39 Å². The summed E-state index contributed by atoms with van der Waals surface area (Å²) in [7, 11) is 0. The third-order valence-electron chi connectivity index (χ3n) is 1.53. The van der Waals surface area contributed by atoms with Crippen LogP contribution in [0, 0.1) is 0 Å². The first-order chi connectivity index (χ1) is 5.75. The van der Waals surface area contributed by atoms with Crippen molar-refractivity contribution in [1.29, 1.82) is 0 Å². The first-order valence-corrected chi connectivity index (χ1v) is 4.20. The predicted octanol–water partition coefficient (Wildman–Crippen LogP) is 2.93. The van der Waals surface area contributed by atoms with Gasteiger partial charge in [-0.05, 0) is 12.0 Å². The molecule has 0 aromatic carbocycles. The molecule has 0 unspecified atom stereocenters. The van der Waals surface area contributed by atoms with Crippen LogP contribution in [0.25, 0.3) is 0 Å². The van der Waals surface area contributed by atoms with Crippen LogP contribution in [0.4, 0.5) is 4.39 Å². The summed E-state index contributed by atoms with van der Waals surface area (Å²) in [4.78, 5) is 0. The second kappa shape index (κ2) is 5.58. The zero-order valence-electron chi connectivity index (χ0n) is 7.78. The van der Waals surface area contributed by atoms with Crippen LogP contribution in [-0.2, 0) is 0 Å². The quantitative estimate of drug-likeness (QED) is 0.670. The van der Waals surface area contributed by atoms with Crippen LogP contribution in [0.2, 0.25) is 0 Å². The average Bonchev–Trinajstić information content (AvgIpc) is 2.55. The minimum Gasteiger partial charge on any atom is -0.382 e. The minimum absolute atomic E-state index is 0.396. The Hall–Kier alpha value is -1.05. The van der Waals surface area contributed by atoms with Crippen LogP contribution in [0.3, 0.4) is 0 Å². The van der Waals surface area contributed by atoms with Gasteiger partial charge >= 0.3 is 0 Å². The molecule has 1 aliphatic heterocycles. The van der Waals surface area contributed by atoms with E-state index in [1.807, 2.05) is 13.8 Å². The lowest BCUT2D eigenvalue weighted by molar-refractivity contribution is 0.636. The van der Waals surface area contributed by atoms with E-state index in [0.717, 1.165) is 18.5 Å². The summed E-state index contributed by atoms with van der Waals surface area (Å²) in [6.45, 7) is 11.6. The Morgan fingerprint density at radius 1 is 1.58 bits per heavy atom. The third-order valence-corrected chi connectivity index (χ3v) is 1.53. The molecule has 0 atom stereocenters. The van der Waals surface area contributed by atoms with Crippen molar-refractivity contribution in [3.05, 3.63) is 36.3 Å². The summed E-state index contributed by atoms with van der Waals surface area (Å²) >= 11 is 0. The van der Waals surface area contributed by atoms with Crippen LogP contribution in [0.15, 0.2) is 36.3 Å². The number of hydrogen-bond donors (Lipinski definition) is 1. The van der Waals surface area contributed by atoms with Gasteiger partial charge in [0.15, 0.2) is 0 Å². The zero-order chi connectivity index (χ0) is 9.56. The maximum atomic E-state index is 12.5. The third kappa shape index (κ3) is 2.53. The Bertz CT molecular complexity index is 204. The summed E-state index contributed by atoms with van der Waals surface area (Å²) in [5.74, 6) is -0.396. The number of halogens is 1. The van der Waals surface area contributed by atoms with Gasteiger partial charge < -0.3 is 5.32 Å². The van der Waals surface area contributed by atoms with E-state index in [4.69, 9.17) is 0 Å². The molecule has 1 aliphatic rings. The summed E-state index contributed by atoms with van der Waals surface area (Å²) in [5.41, 5.74) is 1.45. The number of allylic oxidation sites excluding steroid dienone is 2. The molecule has 0 amide bonds. The zero-order valence-corrected chi connectivity index (χ0v) is 7.78. The smallest absolute Gasteiger partial charge is 0.139 e. The van der Waals surface area contributed by atoms with Crippen molar-refractivity contribution in [3.8, 4) is 0 Å². The second-order valence-corrected chi connectivity index (χ2v) is 2.19. The van der Waals surface area contributed by atoms with Crippen molar-refractivity contribution in [1.82, 2.24) is 5.32 Å². The molecular weight excluding hydrogens is 153 g/mol. The normalized spacial score (nSPS) is 14.6. The molecule has 0 saturated carbocycles. The van der Waals surface area contributed by atoms with Gasteiger partial charge in [0.25, 0.3) is 0 Å². The van der Waals surface area contributed by atoms with E-state index in [0.29, 0.717) is 5.70 Å². The van der Waals surface area contributed by atoms with Gasteiger partial charge in [-0.2, -0.15) is 0 Å². The Morgan fingerprint density at radius 2 is 2.17 bits per heavy atom. The molecule has 0 spiro atoms. The Labute approximate surface area is 73.7 Å². The van der Waals surface area contributed by atoms with E-state index < -0.39 is 5.83 Å². The Morgan fingerprint density at radius 3 is 2.50 bits per heavy atom. The molecule has 1 rings (SSSR count). The van der Waals surface area contributed by atoms with Gasteiger partial charge in [-0.3, -0.25) is 0 Å². The highest BCUT2D eigenvalue weighted by Crippen LogP contribution is 2.20. The molecule has 0 aliphatic carbocycles. The van der Waals surface area contributed by atoms with Crippen LogP contribution in [0.5, 0.6) is 0 Å². The highest BCUT2D eigenvalue weighted by atomic mass is 19.1. The molecule has 12 heavy (non-hydrogen) atoms. The van der Waals surface area contributed by atoms with Gasteiger partial charge in [-0.15, -0.1) is 0 Å². The van der Waals surface area contributed by atoms with Crippen molar-refractivity contribution < 1.29 is 4.39 Å². The molecule has 1 heterocycles. The van der Waals surface area contributed by atoms with Gasteiger partial charge in [0.05, 0.1) is 5.70 Å². The lowest BCUT2D eigenvalue weighted by Gasteiger charge is -1.98. The minimum atomic E-state index is -0.396. The van der Waals surface area contributed by atoms with Crippen LogP contribution in [-0.4, -0.2) is 6.54 Å². The van der Waals surface area contributed by atoms with E-state index in [1.54, 1.807) is 6.08 Å². The number of nitrogens with one attached hydrogen (secondary N) is 1. The van der Waals surface area contributed by atoms with Crippen molar-refractivity contribution in [2.75, 3.05) is 6.54 Å². The molecular formula is C10H16FN. The molecule has 1 nitrogen and oxygen atoms in total. The SMILES string of the molecule is C=CC1=C(C(=C)F)NCC1.CC. The van der Waals surface area contributed by atoms with Crippen LogP contribution in [0.1, 0.15) is 20.3 Å². The summed E-state index contributed by atoms with van der Waals surface area (Å²) in [6.07, 6.45) is 2.52. The fourth-order valence-corrected chi connectivity index (χ4v) is 1.03. The maximum absolute atomic E-state index is 12.5. The van der Waals surface area contributed by atoms with E-state index in [2.05, 4.69) is 18.5 Å². The van der Waals surface area contributed by atoms with Crippen molar-refractivity contribution in [2.45, 2.75) is 20.3 Å². The van der Waals surface area contributed by atoms with Gasteiger partial charge in [0, 0.05) is 6.54 Å². The monoisotopic (exact) mass is 169 g/mol. The molecule has 0 fully saturated rings. The Kier molecular flexibility index (Phi) is 5.09. The van der Waals surface area contributed by atoms with Crippen molar-refractivity contribution >= 4 is 0 Å². The van der Waals surface area contributed by atoms with E-state index in [-0.39, 0.29) is 0 Å². The van der Waals surface area contributed by atoms with E-state index in [1.165, 1.54) is 0 Å². The first-order valence-electron chi connectivity index (χ1n) is 4.20. The topological polar surface area (TPSA) is 12.0 Å². The second-order valence-electron chi connectivity index (χ2n) is 2.19. The van der Waals surface area contributed by atoms with Crippen LogP contribution >= 0.6 is 0 Å². The van der Waals surface area contributed by atoms with Gasteiger partial charge in [0.2, 0.25) is 0 Å². The summed E-state index contributed by atoms with van der Waals surface area (Å²) in [5, 5.41) is 2.89. The van der Waals surface area contributed by atoms with Crippen molar-refractivity contribution in [3.63, 3.8) is 0 Å². The largest absolute Gasteiger partial charge is 0.382 e. The first kappa shape index (κ1) is 11.0. The van der Waals surface area contributed by atoms with Crippen LogP contribution < -0.4 is 5.32 Å². The molecule has 68 valence electrons. The Balaban J connectivity index is 0.000000561. The molecule has 0 aromatic heterocycles. The molecule has 0 aromatic rings. The van der Waals surface area contributed by atoms with Gasteiger partial charge in [-0.25, -0.2) is 4.39 Å². The number of hydrogen-bond acceptors (Lipinski definition) is 1. The molecule has 1 N–H and O–H groups in total. The van der Waals surface area contributed by atoms with Gasteiger partial charge in [-0.1, -0.05) is 33.1 Å². The maximum Gasteiger partial charge on any atom is 0.139 e. The predicted molar refractivity (Wildman–Crippen MR) is 51.4 cm³/mol. The molecule has 0 saturated heterocycles. The van der Waals surface area contributed by atoms with Gasteiger partial charge in [0.1, 0.15) is 5.83 Å². The number of rotatable bonds is 2. The average molecular weight is 169 g/mol. The lowest BCUT2D eigenvalue weighted by Crippen LogP contribution is -2.06. The fraction of sp³-hybridized carbons (Fsp3) is 0.400. The molecule has 2 heteroatoms.